The zero-order valence-corrected chi connectivity index (χ0v) is 26.6. The third kappa shape index (κ3) is 8.81. The van der Waals surface area contributed by atoms with Crippen LogP contribution in [0.2, 0.25) is 0 Å². The normalized spacial score (nSPS) is 23.5. The molecule has 11 nitrogen and oxygen atoms in total. The molecule has 43 heavy (non-hydrogen) atoms. The van der Waals surface area contributed by atoms with Gasteiger partial charge < -0.3 is 28.4 Å². The Balaban J connectivity index is 2.69. The molecule has 0 spiro atoms. The summed E-state index contributed by atoms with van der Waals surface area (Å²) >= 11 is 0. The summed E-state index contributed by atoms with van der Waals surface area (Å²) in [6, 6.07) is 4.86. The van der Waals surface area contributed by atoms with Crippen molar-refractivity contribution < 1.29 is 52.4 Å². The summed E-state index contributed by atoms with van der Waals surface area (Å²) in [4.78, 5) is 61.7. The van der Waals surface area contributed by atoms with Gasteiger partial charge in [0.05, 0.1) is 31.8 Å². The highest BCUT2D eigenvalue weighted by atomic mass is 16.6. The van der Waals surface area contributed by atoms with Crippen molar-refractivity contribution >= 4 is 29.8 Å². The summed E-state index contributed by atoms with van der Waals surface area (Å²) in [7, 11) is 2.77. The molecule has 11 heteroatoms. The van der Waals surface area contributed by atoms with Crippen molar-refractivity contribution in [2.75, 3.05) is 20.8 Å². The number of carbonyl (C=O) groups is 5. The predicted molar refractivity (Wildman–Crippen MR) is 155 cm³/mol. The standard InChI is InChI=1S/C32H44O11/c1-18-24(17-23-16-22(29(36)39-10)12-13-25(23)38-9)32(8,14-11-15-40-30(37)31(5,6)7)28(43-21(4)35)27(42-20(3)34)26(18)41-19(2)33/h12-13,16,24,26-28H,1,11,14-15,17H2,2-10H3/t24-,26+,27-,28-,32+/m1/s1. The van der Waals surface area contributed by atoms with Gasteiger partial charge in [0, 0.05) is 26.2 Å². The van der Waals surface area contributed by atoms with Gasteiger partial charge in [-0.25, -0.2) is 4.79 Å². The van der Waals surface area contributed by atoms with Crippen molar-refractivity contribution in [2.45, 2.75) is 86.0 Å². The SMILES string of the molecule is C=C1[C@@H](Cc2cc(C(=O)OC)ccc2OC)[C@](C)(CCCOC(=O)C(C)(C)C)[C@H](OC(C)=O)[C@H](OC(C)=O)[C@H]1OC(C)=O. The zero-order chi connectivity index (χ0) is 32.7. The van der Waals surface area contributed by atoms with Crippen molar-refractivity contribution in [3.8, 4) is 5.75 Å². The molecule has 1 aromatic rings. The highest BCUT2D eigenvalue weighted by Gasteiger charge is 2.58. The van der Waals surface area contributed by atoms with E-state index in [1.807, 2.05) is 6.92 Å². The fourth-order valence-corrected chi connectivity index (χ4v) is 5.50. The number of methoxy groups -OCH3 is 2. The fourth-order valence-electron chi connectivity index (χ4n) is 5.50. The van der Waals surface area contributed by atoms with Crippen molar-refractivity contribution in [3.63, 3.8) is 0 Å². The zero-order valence-electron chi connectivity index (χ0n) is 26.6. The topological polar surface area (TPSA) is 141 Å². The molecule has 0 N–H and O–H groups in total. The van der Waals surface area contributed by atoms with Gasteiger partial charge in [-0.15, -0.1) is 0 Å². The molecule has 1 aromatic carbocycles. The third-order valence-electron chi connectivity index (χ3n) is 7.57. The van der Waals surface area contributed by atoms with Gasteiger partial charge in [0.25, 0.3) is 0 Å². The average Bonchev–Trinajstić information content (AvgIpc) is 2.91. The quantitative estimate of drug-likeness (QED) is 0.154. The van der Waals surface area contributed by atoms with E-state index in [0.29, 0.717) is 35.3 Å². The second-order valence-electron chi connectivity index (χ2n) is 12.0. The smallest absolute Gasteiger partial charge is 0.337 e. The van der Waals surface area contributed by atoms with Gasteiger partial charge in [-0.05, 0) is 75.3 Å². The minimum absolute atomic E-state index is 0.0877. The molecule has 5 atom stereocenters. The molecule has 1 aliphatic carbocycles. The summed E-state index contributed by atoms with van der Waals surface area (Å²) in [5.41, 5.74) is -0.341. The molecule has 238 valence electrons. The van der Waals surface area contributed by atoms with Crippen LogP contribution >= 0.6 is 0 Å². The summed E-state index contributed by atoms with van der Waals surface area (Å²) < 4.78 is 33.1. The van der Waals surface area contributed by atoms with Crippen molar-refractivity contribution in [1.82, 2.24) is 0 Å². The van der Waals surface area contributed by atoms with E-state index in [1.54, 1.807) is 39.0 Å². The van der Waals surface area contributed by atoms with E-state index >= 15 is 0 Å². The van der Waals surface area contributed by atoms with Crippen LogP contribution in [0.4, 0.5) is 0 Å². The molecule has 0 aromatic heterocycles. The first-order valence-electron chi connectivity index (χ1n) is 14.1. The lowest BCUT2D eigenvalue weighted by Gasteiger charge is -2.53. The molecule has 1 fully saturated rings. The molecule has 0 bridgehead atoms. The number of carbonyl (C=O) groups excluding carboxylic acids is 5. The Hall–Kier alpha value is -3.89. The first-order chi connectivity index (χ1) is 20.0. The minimum Gasteiger partial charge on any atom is -0.496 e. The van der Waals surface area contributed by atoms with Gasteiger partial charge in [-0.3, -0.25) is 19.2 Å². The number of rotatable bonds is 11. The molecule has 0 saturated heterocycles. The molecule has 2 rings (SSSR count). The summed E-state index contributed by atoms with van der Waals surface area (Å²) in [6.07, 6.45) is -2.51. The molecule has 0 radical (unpaired) electrons. The lowest BCUT2D eigenvalue weighted by Crippen LogP contribution is -2.61. The van der Waals surface area contributed by atoms with E-state index < -0.39 is 58.9 Å². The molecule has 0 unspecified atom stereocenters. The molecule has 1 aliphatic rings. The number of hydrogen-bond donors (Lipinski definition) is 0. The molecule has 0 aliphatic heterocycles. The Morgan fingerprint density at radius 3 is 2.05 bits per heavy atom. The maximum absolute atomic E-state index is 12.5. The Morgan fingerprint density at radius 1 is 0.930 bits per heavy atom. The van der Waals surface area contributed by atoms with Gasteiger partial charge in [0.2, 0.25) is 0 Å². The Kier molecular flexibility index (Phi) is 11.9. The van der Waals surface area contributed by atoms with Crippen LogP contribution in [-0.2, 0) is 49.3 Å². The summed E-state index contributed by atoms with van der Waals surface area (Å²) in [5.74, 6) is -2.93. The maximum atomic E-state index is 12.5. The molecular formula is C32H44O11. The van der Waals surface area contributed by atoms with E-state index in [4.69, 9.17) is 28.4 Å². The van der Waals surface area contributed by atoms with Gasteiger partial charge >= 0.3 is 29.8 Å². The van der Waals surface area contributed by atoms with Crippen LogP contribution in [0.15, 0.2) is 30.4 Å². The van der Waals surface area contributed by atoms with Crippen molar-refractivity contribution in [1.29, 1.82) is 0 Å². The predicted octanol–water partition coefficient (Wildman–Crippen LogP) is 4.38. The van der Waals surface area contributed by atoms with Crippen LogP contribution in [0, 0.1) is 16.7 Å². The Labute approximate surface area is 253 Å². The number of benzene rings is 1. The first kappa shape index (κ1) is 35.3. The second-order valence-corrected chi connectivity index (χ2v) is 12.0. The number of hydrogen-bond acceptors (Lipinski definition) is 11. The lowest BCUT2D eigenvalue weighted by atomic mass is 9.58. The van der Waals surface area contributed by atoms with Crippen LogP contribution in [0.25, 0.3) is 0 Å². The molecular weight excluding hydrogens is 560 g/mol. The van der Waals surface area contributed by atoms with Crippen LogP contribution in [0.5, 0.6) is 5.75 Å². The second kappa shape index (κ2) is 14.5. The van der Waals surface area contributed by atoms with Crippen LogP contribution in [-0.4, -0.2) is 69.0 Å². The summed E-state index contributed by atoms with van der Waals surface area (Å²) in [6.45, 7) is 15.1. The Morgan fingerprint density at radius 2 is 1.53 bits per heavy atom. The van der Waals surface area contributed by atoms with Gasteiger partial charge in [-0.1, -0.05) is 13.5 Å². The van der Waals surface area contributed by atoms with Crippen molar-refractivity contribution in [2.24, 2.45) is 16.7 Å². The molecule has 0 heterocycles. The van der Waals surface area contributed by atoms with Gasteiger partial charge in [0.1, 0.15) is 11.9 Å². The van der Waals surface area contributed by atoms with E-state index in [9.17, 15) is 24.0 Å². The van der Waals surface area contributed by atoms with Crippen LogP contribution in [0.3, 0.4) is 0 Å². The van der Waals surface area contributed by atoms with E-state index in [1.165, 1.54) is 35.0 Å². The van der Waals surface area contributed by atoms with E-state index in [2.05, 4.69) is 6.58 Å². The first-order valence-corrected chi connectivity index (χ1v) is 14.1. The minimum atomic E-state index is -1.19. The van der Waals surface area contributed by atoms with E-state index in [0.717, 1.165) is 0 Å². The summed E-state index contributed by atoms with van der Waals surface area (Å²) in [5, 5.41) is 0. The highest BCUT2D eigenvalue weighted by molar-refractivity contribution is 5.89. The highest BCUT2D eigenvalue weighted by Crippen LogP contribution is 2.52. The maximum Gasteiger partial charge on any atom is 0.337 e. The monoisotopic (exact) mass is 604 g/mol. The van der Waals surface area contributed by atoms with Gasteiger partial charge in [0.15, 0.2) is 12.2 Å². The largest absolute Gasteiger partial charge is 0.496 e. The van der Waals surface area contributed by atoms with Gasteiger partial charge in [-0.2, -0.15) is 0 Å². The molecule has 0 amide bonds. The van der Waals surface area contributed by atoms with Crippen LogP contribution < -0.4 is 4.74 Å². The third-order valence-corrected chi connectivity index (χ3v) is 7.57. The van der Waals surface area contributed by atoms with Crippen molar-refractivity contribution in [3.05, 3.63) is 41.5 Å². The van der Waals surface area contributed by atoms with E-state index in [-0.39, 0.29) is 19.0 Å². The average molecular weight is 605 g/mol. The number of ether oxygens (including phenoxy) is 6. The van der Waals surface area contributed by atoms with Crippen LogP contribution in [0.1, 0.15) is 77.2 Å². The Bertz CT molecular complexity index is 1230. The fraction of sp³-hybridized carbons (Fsp3) is 0.594. The number of esters is 5. The molecule has 1 saturated carbocycles. The lowest BCUT2D eigenvalue weighted by molar-refractivity contribution is -0.206.